The Bertz CT molecular complexity index is 1390. The van der Waals surface area contributed by atoms with Crippen LogP contribution in [-0.4, -0.2) is 62.4 Å². The summed E-state index contributed by atoms with van der Waals surface area (Å²) in [4.78, 5) is 20.0. The molecule has 0 radical (unpaired) electrons. The number of nitrogens with one attached hydrogen (secondary N) is 1. The average Bonchev–Trinajstić information content (AvgIpc) is 3.51. The van der Waals surface area contributed by atoms with E-state index in [2.05, 4.69) is 20.2 Å². The molecule has 0 fully saturated rings. The van der Waals surface area contributed by atoms with E-state index < -0.39 is 11.8 Å². The first-order valence-corrected chi connectivity index (χ1v) is 12.3. The molecular weight excluding hydrogens is 501 g/mol. The maximum absolute atomic E-state index is 14.0. The Morgan fingerprint density at radius 3 is 2.65 bits per heavy atom. The number of aromatic amines is 1. The van der Waals surface area contributed by atoms with Crippen LogP contribution in [0.4, 0.5) is 4.39 Å². The Balaban J connectivity index is 1.60. The van der Waals surface area contributed by atoms with E-state index in [0.717, 1.165) is 11.8 Å². The number of carbonyl (C=O) groups excluding carboxylic acids is 1. The Kier molecular flexibility index (Phi) is 8.41. The number of aliphatic hydroxyl groups is 1. The van der Waals surface area contributed by atoms with Gasteiger partial charge in [0.05, 0.1) is 36.5 Å². The lowest BCUT2D eigenvalue weighted by Crippen LogP contribution is -2.17. The molecule has 1 atom stereocenters. The number of ether oxygens (including phenoxy) is 3. The molecule has 2 N–H and O–H groups in total. The zero-order valence-electron chi connectivity index (χ0n) is 20.5. The Labute approximate surface area is 216 Å². The standard InChI is InChI=1S/C25H26FN5O5S/c1-15(12-34-2)31-21(13-36-20-11-7-4-8-16(20)26)29-30-25(31)37-14-19(32)22(24(33)35-3)23-27-17-9-5-6-10-18(17)28-23/h4-11,15,32H,12-14H2,1-3H3,(H,27,28)/t15-/m0/s1. The van der Waals surface area contributed by atoms with Gasteiger partial charge in [-0.15, -0.1) is 10.2 Å². The van der Waals surface area contributed by atoms with Crippen LogP contribution in [0.15, 0.2) is 59.4 Å². The summed E-state index contributed by atoms with van der Waals surface area (Å²) in [5, 5.41) is 19.8. The lowest BCUT2D eigenvalue weighted by molar-refractivity contribution is -0.133. The van der Waals surface area contributed by atoms with Crippen molar-refractivity contribution >= 4 is 34.3 Å². The number of hydrogen-bond acceptors (Lipinski definition) is 9. The van der Waals surface area contributed by atoms with Crippen molar-refractivity contribution in [2.75, 3.05) is 26.6 Å². The number of methoxy groups -OCH3 is 2. The minimum absolute atomic E-state index is 0.0204. The van der Waals surface area contributed by atoms with Gasteiger partial charge in [-0.1, -0.05) is 36.0 Å². The van der Waals surface area contributed by atoms with Gasteiger partial charge in [-0.05, 0) is 31.2 Å². The highest BCUT2D eigenvalue weighted by molar-refractivity contribution is 7.99. The van der Waals surface area contributed by atoms with Gasteiger partial charge in [0.1, 0.15) is 23.8 Å². The van der Waals surface area contributed by atoms with E-state index in [-0.39, 0.29) is 41.3 Å². The van der Waals surface area contributed by atoms with Crippen molar-refractivity contribution in [1.29, 1.82) is 0 Å². The summed E-state index contributed by atoms with van der Waals surface area (Å²) in [6, 6.07) is 13.2. The number of esters is 1. The van der Waals surface area contributed by atoms with Crippen molar-refractivity contribution in [3.63, 3.8) is 0 Å². The van der Waals surface area contributed by atoms with Gasteiger partial charge in [0, 0.05) is 7.11 Å². The summed E-state index contributed by atoms with van der Waals surface area (Å²) >= 11 is 1.16. The minimum atomic E-state index is -0.731. The van der Waals surface area contributed by atoms with Crippen LogP contribution in [0.5, 0.6) is 5.75 Å². The predicted octanol–water partition coefficient (Wildman–Crippen LogP) is 4.31. The number of aliphatic hydroxyl groups excluding tert-OH is 1. The second-order valence-corrected chi connectivity index (χ2v) is 8.94. The number of benzene rings is 2. The number of nitrogens with zero attached hydrogens (tertiary/aromatic N) is 4. The number of hydrogen-bond donors (Lipinski definition) is 2. The van der Waals surface area contributed by atoms with Crippen molar-refractivity contribution in [2.45, 2.75) is 24.7 Å². The van der Waals surface area contributed by atoms with Gasteiger partial charge in [0.15, 0.2) is 22.5 Å². The van der Waals surface area contributed by atoms with Crippen LogP contribution >= 0.6 is 11.8 Å². The fourth-order valence-corrected chi connectivity index (χ4v) is 4.63. The van der Waals surface area contributed by atoms with Crippen LogP contribution in [-0.2, 0) is 20.9 Å². The smallest absolute Gasteiger partial charge is 0.345 e. The van der Waals surface area contributed by atoms with Gasteiger partial charge in [-0.25, -0.2) is 14.2 Å². The van der Waals surface area contributed by atoms with Crippen molar-refractivity contribution in [1.82, 2.24) is 24.7 Å². The fraction of sp³-hybridized carbons (Fsp3) is 0.280. The van der Waals surface area contributed by atoms with Crippen LogP contribution in [0.1, 0.15) is 24.6 Å². The van der Waals surface area contributed by atoms with Crippen molar-refractivity contribution in [3.8, 4) is 5.75 Å². The second-order valence-electron chi connectivity index (χ2n) is 8.00. The highest BCUT2D eigenvalue weighted by Crippen LogP contribution is 2.28. The van der Waals surface area contributed by atoms with Gasteiger partial charge in [0.2, 0.25) is 0 Å². The van der Waals surface area contributed by atoms with E-state index in [9.17, 15) is 14.3 Å². The zero-order chi connectivity index (χ0) is 26.4. The van der Waals surface area contributed by atoms with Crippen molar-refractivity contribution in [2.24, 2.45) is 0 Å². The summed E-state index contributed by atoms with van der Waals surface area (Å²) in [6.07, 6.45) is 0. The molecular formula is C25H26FN5O5S. The van der Waals surface area contributed by atoms with Gasteiger partial charge in [-0.3, -0.25) is 4.57 Å². The van der Waals surface area contributed by atoms with E-state index in [4.69, 9.17) is 14.2 Å². The lowest BCUT2D eigenvalue weighted by atomic mass is 10.2. The summed E-state index contributed by atoms with van der Waals surface area (Å²) in [5.74, 6) is -0.736. The van der Waals surface area contributed by atoms with E-state index in [1.807, 2.05) is 25.1 Å². The number of aromatic nitrogens is 5. The molecule has 12 heteroatoms. The summed E-state index contributed by atoms with van der Waals surface area (Å²) in [5.41, 5.74) is 1.28. The predicted molar refractivity (Wildman–Crippen MR) is 136 cm³/mol. The van der Waals surface area contributed by atoms with Crippen LogP contribution in [0.3, 0.4) is 0 Å². The number of carbonyl (C=O) groups is 1. The number of thioether (sulfide) groups is 1. The maximum Gasteiger partial charge on any atom is 0.345 e. The average molecular weight is 528 g/mol. The van der Waals surface area contributed by atoms with E-state index in [1.54, 1.807) is 29.9 Å². The highest BCUT2D eigenvalue weighted by Gasteiger charge is 2.24. The quantitative estimate of drug-likeness (QED) is 0.127. The van der Waals surface area contributed by atoms with Crippen LogP contribution < -0.4 is 4.74 Å². The molecule has 0 amide bonds. The van der Waals surface area contributed by atoms with Gasteiger partial charge in [0.25, 0.3) is 0 Å². The van der Waals surface area contributed by atoms with E-state index in [1.165, 1.54) is 19.2 Å². The Hall–Kier alpha value is -3.90. The molecule has 2 aromatic carbocycles. The number of para-hydroxylation sites is 3. The molecule has 0 aliphatic rings. The number of halogens is 1. The SMILES string of the molecule is COC[C@H](C)n1c(COc2ccccc2F)nnc1SCC(O)=C(C(=O)OC)c1nc2ccccc2[nH]1. The molecule has 0 saturated heterocycles. The molecule has 194 valence electrons. The van der Waals surface area contributed by atoms with E-state index >= 15 is 0 Å². The molecule has 37 heavy (non-hydrogen) atoms. The zero-order valence-corrected chi connectivity index (χ0v) is 21.3. The Morgan fingerprint density at radius 1 is 1.16 bits per heavy atom. The first kappa shape index (κ1) is 26.2. The summed E-state index contributed by atoms with van der Waals surface area (Å²) in [6.45, 7) is 2.23. The topological polar surface area (TPSA) is 124 Å². The minimum Gasteiger partial charge on any atom is -0.510 e. The van der Waals surface area contributed by atoms with Crippen molar-refractivity contribution in [3.05, 3.63) is 71.8 Å². The number of H-pyrrole nitrogens is 1. The molecule has 4 rings (SSSR count). The third kappa shape index (κ3) is 5.92. The molecule has 0 unspecified atom stereocenters. The van der Waals surface area contributed by atoms with Crippen LogP contribution in [0, 0.1) is 5.82 Å². The number of fused-ring (bicyclic) bond motifs is 1. The van der Waals surface area contributed by atoms with Gasteiger partial charge in [-0.2, -0.15) is 0 Å². The molecule has 2 aromatic heterocycles. The van der Waals surface area contributed by atoms with Crippen LogP contribution in [0.25, 0.3) is 16.6 Å². The first-order chi connectivity index (χ1) is 17.9. The van der Waals surface area contributed by atoms with E-state index in [0.29, 0.717) is 28.6 Å². The lowest BCUT2D eigenvalue weighted by Gasteiger charge is -2.17. The second kappa shape index (κ2) is 11.9. The normalized spacial score (nSPS) is 12.9. The molecule has 0 aliphatic carbocycles. The first-order valence-electron chi connectivity index (χ1n) is 11.3. The maximum atomic E-state index is 14.0. The van der Waals surface area contributed by atoms with Gasteiger partial charge >= 0.3 is 5.97 Å². The number of imidazole rings is 1. The third-order valence-electron chi connectivity index (χ3n) is 5.42. The Morgan fingerprint density at radius 2 is 1.92 bits per heavy atom. The molecule has 0 aliphatic heterocycles. The molecule has 10 nitrogen and oxygen atoms in total. The summed E-state index contributed by atoms with van der Waals surface area (Å²) < 4.78 is 31.6. The van der Waals surface area contributed by atoms with Crippen LogP contribution in [0.2, 0.25) is 0 Å². The molecule has 0 saturated carbocycles. The monoisotopic (exact) mass is 527 g/mol. The summed E-state index contributed by atoms with van der Waals surface area (Å²) in [7, 11) is 2.81. The van der Waals surface area contributed by atoms with Crippen molar-refractivity contribution < 1.29 is 28.5 Å². The largest absolute Gasteiger partial charge is 0.510 e. The highest BCUT2D eigenvalue weighted by atomic mass is 32.2. The molecule has 0 bridgehead atoms. The van der Waals surface area contributed by atoms with Gasteiger partial charge < -0.3 is 24.3 Å². The number of rotatable bonds is 11. The molecule has 0 spiro atoms. The fourth-order valence-electron chi connectivity index (χ4n) is 3.70. The molecule has 2 heterocycles. The molecule has 4 aromatic rings. The third-order valence-corrected chi connectivity index (χ3v) is 6.37.